The van der Waals surface area contributed by atoms with Gasteiger partial charge in [-0.3, -0.25) is 4.68 Å². The summed E-state index contributed by atoms with van der Waals surface area (Å²) in [5.41, 5.74) is 5.51. The van der Waals surface area contributed by atoms with Crippen LogP contribution in [0.15, 0.2) is 12.3 Å². The Kier molecular flexibility index (Phi) is 3.03. The molecule has 14 heavy (non-hydrogen) atoms. The van der Waals surface area contributed by atoms with Crippen molar-refractivity contribution in [2.45, 2.75) is 38.3 Å². The summed E-state index contributed by atoms with van der Waals surface area (Å²) in [6.45, 7) is 2.04. The van der Waals surface area contributed by atoms with E-state index in [4.69, 9.17) is 5.73 Å². The van der Waals surface area contributed by atoms with Crippen molar-refractivity contribution in [2.24, 2.45) is 0 Å². The average molecular weight is 194 g/mol. The van der Waals surface area contributed by atoms with Crippen molar-refractivity contribution in [2.75, 3.05) is 12.3 Å². The van der Waals surface area contributed by atoms with Gasteiger partial charge in [0.15, 0.2) is 0 Å². The standard InChI is InChI=1S/C10H18N4/c11-10-5-8-14(13-10)7-2-6-12-9-3-1-4-9/h5,8-9,12H,1-4,6-7H2,(H2,11,13). The van der Waals surface area contributed by atoms with E-state index in [1.54, 1.807) is 0 Å². The molecular weight excluding hydrogens is 176 g/mol. The maximum atomic E-state index is 5.51. The summed E-state index contributed by atoms with van der Waals surface area (Å²) < 4.78 is 1.90. The molecule has 0 atom stereocenters. The number of nitrogens with zero attached hydrogens (tertiary/aromatic N) is 2. The molecule has 0 bridgehead atoms. The highest BCUT2D eigenvalue weighted by Gasteiger charge is 2.15. The molecule has 1 fully saturated rings. The number of nitrogens with two attached hydrogens (primary N) is 1. The second-order valence-electron chi connectivity index (χ2n) is 3.94. The number of hydrogen-bond acceptors (Lipinski definition) is 3. The third kappa shape index (κ3) is 2.48. The molecule has 0 spiro atoms. The van der Waals surface area contributed by atoms with Gasteiger partial charge < -0.3 is 11.1 Å². The quantitative estimate of drug-likeness (QED) is 0.687. The zero-order valence-electron chi connectivity index (χ0n) is 8.45. The summed E-state index contributed by atoms with van der Waals surface area (Å²) in [6, 6.07) is 2.62. The first-order valence-corrected chi connectivity index (χ1v) is 5.37. The van der Waals surface area contributed by atoms with E-state index in [-0.39, 0.29) is 0 Å². The van der Waals surface area contributed by atoms with E-state index in [2.05, 4.69) is 10.4 Å². The molecule has 0 radical (unpaired) electrons. The molecule has 1 aliphatic rings. The number of anilines is 1. The van der Waals surface area contributed by atoms with Crippen LogP contribution in [-0.4, -0.2) is 22.4 Å². The molecular formula is C10H18N4. The zero-order chi connectivity index (χ0) is 9.80. The Morgan fingerprint density at radius 1 is 1.57 bits per heavy atom. The van der Waals surface area contributed by atoms with Gasteiger partial charge in [0.2, 0.25) is 0 Å². The summed E-state index contributed by atoms with van der Waals surface area (Å²) >= 11 is 0. The Labute approximate surface area is 84.5 Å². The van der Waals surface area contributed by atoms with Crippen molar-refractivity contribution in [3.05, 3.63) is 12.3 Å². The Bertz CT molecular complexity index is 277. The molecule has 0 aromatic carbocycles. The third-order valence-electron chi connectivity index (χ3n) is 2.76. The zero-order valence-corrected chi connectivity index (χ0v) is 8.45. The molecule has 78 valence electrons. The van der Waals surface area contributed by atoms with Gasteiger partial charge in [-0.25, -0.2) is 0 Å². The topological polar surface area (TPSA) is 55.9 Å². The summed E-state index contributed by atoms with van der Waals surface area (Å²) in [5, 5.41) is 7.65. The van der Waals surface area contributed by atoms with Crippen molar-refractivity contribution in [3.63, 3.8) is 0 Å². The van der Waals surface area contributed by atoms with Crippen LogP contribution >= 0.6 is 0 Å². The molecule has 1 saturated carbocycles. The summed E-state index contributed by atoms with van der Waals surface area (Å²) in [5.74, 6) is 0.608. The van der Waals surface area contributed by atoms with Gasteiger partial charge >= 0.3 is 0 Å². The van der Waals surface area contributed by atoms with Crippen LogP contribution in [0.25, 0.3) is 0 Å². The maximum absolute atomic E-state index is 5.51. The van der Waals surface area contributed by atoms with E-state index in [0.717, 1.165) is 25.6 Å². The Morgan fingerprint density at radius 2 is 2.43 bits per heavy atom. The minimum absolute atomic E-state index is 0.608. The monoisotopic (exact) mass is 194 g/mol. The molecule has 4 nitrogen and oxygen atoms in total. The van der Waals surface area contributed by atoms with Gasteiger partial charge in [-0.05, 0) is 31.9 Å². The van der Waals surface area contributed by atoms with Gasteiger partial charge in [-0.15, -0.1) is 0 Å². The van der Waals surface area contributed by atoms with Crippen LogP contribution in [0.5, 0.6) is 0 Å². The fraction of sp³-hybridized carbons (Fsp3) is 0.700. The van der Waals surface area contributed by atoms with Crippen LogP contribution in [0.2, 0.25) is 0 Å². The minimum Gasteiger partial charge on any atom is -0.382 e. The lowest BCUT2D eigenvalue weighted by molar-refractivity contribution is 0.335. The minimum atomic E-state index is 0.608. The van der Waals surface area contributed by atoms with E-state index in [1.807, 2.05) is 16.9 Å². The van der Waals surface area contributed by atoms with E-state index in [0.29, 0.717) is 5.82 Å². The molecule has 1 heterocycles. The second kappa shape index (κ2) is 4.46. The first-order chi connectivity index (χ1) is 6.84. The van der Waals surface area contributed by atoms with Gasteiger partial charge in [0, 0.05) is 18.8 Å². The number of hydrogen-bond donors (Lipinski definition) is 2. The highest BCUT2D eigenvalue weighted by molar-refractivity contribution is 5.23. The smallest absolute Gasteiger partial charge is 0.145 e. The molecule has 1 aromatic rings. The van der Waals surface area contributed by atoms with Gasteiger partial charge in [0.05, 0.1) is 0 Å². The second-order valence-corrected chi connectivity index (χ2v) is 3.94. The van der Waals surface area contributed by atoms with Crippen molar-refractivity contribution in [1.82, 2.24) is 15.1 Å². The van der Waals surface area contributed by atoms with Crippen molar-refractivity contribution in [3.8, 4) is 0 Å². The van der Waals surface area contributed by atoms with Crippen LogP contribution in [0.1, 0.15) is 25.7 Å². The number of rotatable bonds is 5. The summed E-state index contributed by atoms with van der Waals surface area (Å²) in [6.07, 6.45) is 7.16. The molecule has 2 rings (SSSR count). The molecule has 0 aliphatic heterocycles. The summed E-state index contributed by atoms with van der Waals surface area (Å²) in [7, 11) is 0. The van der Waals surface area contributed by atoms with E-state index in [9.17, 15) is 0 Å². The van der Waals surface area contributed by atoms with Crippen LogP contribution in [0.4, 0.5) is 5.82 Å². The number of aromatic nitrogens is 2. The Morgan fingerprint density at radius 3 is 3.00 bits per heavy atom. The molecule has 0 amide bonds. The lowest BCUT2D eigenvalue weighted by atomic mass is 9.93. The molecule has 1 aliphatic carbocycles. The Hall–Kier alpha value is -1.03. The van der Waals surface area contributed by atoms with Crippen molar-refractivity contribution >= 4 is 5.82 Å². The third-order valence-corrected chi connectivity index (χ3v) is 2.76. The van der Waals surface area contributed by atoms with Crippen molar-refractivity contribution in [1.29, 1.82) is 0 Å². The van der Waals surface area contributed by atoms with Crippen LogP contribution in [0, 0.1) is 0 Å². The fourth-order valence-corrected chi connectivity index (χ4v) is 1.66. The largest absolute Gasteiger partial charge is 0.382 e. The predicted octanol–water partition coefficient (Wildman–Crippen LogP) is 0.997. The molecule has 0 unspecified atom stereocenters. The number of nitrogen functional groups attached to an aromatic ring is 1. The molecule has 4 heteroatoms. The number of aryl methyl sites for hydroxylation is 1. The number of nitrogens with one attached hydrogen (secondary N) is 1. The normalized spacial score (nSPS) is 16.9. The predicted molar refractivity (Wildman–Crippen MR) is 56.9 cm³/mol. The van der Waals surface area contributed by atoms with Crippen LogP contribution in [0.3, 0.4) is 0 Å². The highest BCUT2D eigenvalue weighted by atomic mass is 15.3. The van der Waals surface area contributed by atoms with Crippen LogP contribution < -0.4 is 11.1 Å². The Balaban J connectivity index is 1.58. The van der Waals surface area contributed by atoms with Gasteiger partial charge in [0.1, 0.15) is 5.82 Å². The fourth-order valence-electron chi connectivity index (χ4n) is 1.66. The van der Waals surface area contributed by atoms with Gasteiger partial charge in [0.25, 0.3) is 0 Å². The highest BCUT2D eigenvalue weighted by Crippen LogP contribution is 2.17. The lowest BCUT2D eigenvalue weighted by Gasteiger charge is -2.26. The lowest BCUT2D eigenvalue weighted by Crippen LogP contribution is -2.35. The molecule has 0 saturated heterocycles. The first-order valence-electron chi connectivity index (χ1n) is 5.37. The first kappa shape index (κ1) is 9.52. The van der Waals surface area contributed by atoms with E-state index in [1.165, 1.54) is 19.3 Å². The van der Waals surface area contributed by atoms with E-state index >= 15 is 0 Å². The van der Waals surface area contributed by atoms with Crippen molar-refractivity contribution < 1.29 is 0 Å². The average Bonchev–Trinajstić information content (AvgIpc) is 2.48. The summed E-state index contributed by atoms with van der Waals surface area (Å²) in [4.78, 5) is 0. The van der Waals surface area contributed by atoms with Gasteiger partial charge in [-0.1, -0.05) is 6.42 Å². The maximum Gasteiger partial charge on any atom is 0.145 e. The molecule has 1 aromatic heterocycles. The molecule has 3 N–H and O–H groups in total. The SMILES string of the molecule is Nc1ccn(CCCNC2CCC2)n1. The van der Waals surface area contributed by atoms with E-state index < -0.39 is 0 Å². The van der Waals surface area contributed by atoms with Crippen LogP contribution in [-0.2, 0) is 6.54 Å². The van der Waals surface area contributed by atoms with Gasteiger partial charge in [-0.2, -0.15) is 5.10 Å².